The summed E-state index contributed by atoms with van der Waals surface area (Å²) in [6, 6.07) is 5.39. The van der Waals surface area contributed by atoms with Crippen LogP contribution in [0.25, 0.3) is 0 Å². The van der Waals surface area contributed by atoms with E-state index < -0.39 is 0 Å². The van der Waals surface area contributed by atoms with Crippen LogP contribution in [-0.2, 0) is 9.59 Å². The molecule has 1 atom stereocenters. The van der Waals surface area contributed by atoms with E-state index in [2.05, 4.69) is 12.2 Å². The lowest BCUT2D eigenvalue weighted by Gasteiger charge is -2.16. The van der Waals surface area contributed by atoms with Crippen molar-refractivity contribution in [1.29, 1.82) is 0 Å². The van der Waals surface area contributed by atoms with Gasteiger partial charge in [-0.05, 0) is 31.0 Å². The number of carbonyl (C=O) groups excluding carboxylic acids is 2. The molecule has 0 radical (unpaired) electrons. The number of unbranched alkanes of at least 4 members (excludes halogenated alkanes) is 1. The normalized spacial score (nSPS) is 18.1. The molecule has 114 valence electrons. The summed E-state index contributed by atoms with van der Waals surface area (Å²) in [6.45, 7) is 5.27. The van der Waals surface area contributed by atoms with Gasteiger partial charge in [-0.3, -0.25) is 9.59 Å². The van der Waals surface area contributed by atoms with Gasteiger partial charge in [0.15, 0.2) is 0 Å². The zero-order valence-corrected chi connectivity index (χ0v) is 13.2. The second-order valence-corrected chi connectivity index (χ2v) is 5.98. The predicted molar refractivity (Wildman–Crippen MR) is 84.4 cm³/mol. The Morgan fingerprint density at radius 2 is 2.24 bits per heavy atom. The number of hydrogen-bond donors (Lipinski definition) is 1. The summed E-state index contributed by atoms with van der Waals surface area (Å²) < 4.78 is 0. The minimum Gasteiger partial charge on any atom is -0.342 e. The topological polar surface area (TPSA) is 49.4 Å². The largest absolute Gasteiger partial charge is 0.342 e. The average Bonchev–Trinajstić information content (AvgIpc) is 2.82. The number of aryl methyl sites for hydroxylation is 1. The van der Waals surface area contributed by atoms with Crippen LogP contribution < -0.4 is 5.32 Å². The van der Waals surface area contributed by atoms with Crippen LogP contribution in [0.5, 0.6) is 0 Å². The Morgan fingerprint density at radius 1 is 1.48 bits per heavy atom. The van der Waals surface area contributed by atoms with Crippen molar-refractivity contribution in [1.82, 2.24) is 4.90 Å². The summed E-state index contributed by atoms with van der Waals surface area (Å²) >= 11 is 5.95. The molecule has 1 aliphatic rings. The minimum atomic E-state index is -0.271. The van der Waals surface area contributed by atoms with E-state index in [1.807, 2.05) is 13.0 Å². The molecule has 1 aromatic rings. The third-order valence-corrected chi connectivity index (χ3v) is 4.06. The molecular weight excluding hydrogens is 288 g/mol. The van der Waals surface area contributed by atoms with Crippen LogP contribution in [0.2, 0.25) is 5.02 Å². The van der Waals surface area contributed by atoms with Gasteiger partial charge < -0.3 is 10.2 Å². The number of carbonyl (C=O) groups is 2. The van der Waals surface area contributed by atoms with E-state index in [0.29, 0.717) is 23.7 Å². The maximum absolute atomic E-state index is 12.3. The van der Waals surface area contributed by atoms with Gasteiger partial charge in [-0.15, -0.1) is 0 Å². The number of hydrogen-bond acceptors (Lipinski definition) is 2. The molecule has 2 amide bonds. The zero-order chi connectivity index (χ0) is 15.4. The third-order valence-electron chi connectivity index (χ3n) is 3.82. The van der Waals surface area contributed by atoms with Crippen LogP contribution in [0, 0.1) is 12.8 Å². The molecule has 0 saturated carbocycles. The van der Waals surface area contributed by atoms with Crippen LogP contribution in [0.4, 0.5) is 5.69 Å². The molecule has 0 unspecified atom stereocenters. The summed E-state index contributed by atoms with van der Waals surface area (Å²) in [4.78, 5) is 26.0. The van der Waals surface area contributed by atoms with Crippen LogP contribution in [0.1, 0.15) is 31.7 Å². The Morgan fingerprint density at radius 3 is 2.95 bits per heavy atom. The average molecular weight is 309 g/mol. The fourth-order valence-corrected chi connectivity index (χ4v) is 2.65. The number of nitrogens with zero attached hydrogens (tertiary/aromatic N) is 1. The van der Waals surface area contributed by atoms with Crippen molar-refractivity contribution in [3.05, 3.63) is 28.8 Å². The second kappa shape index (κ2) is 6.94. The van der Waals surface area contributed by atoms with Crippen molar-refractivity contribution in [3.8, 4) is 0 Å². The van der Waals surface area contributed by atoms with E-state index in [0.717, 1.165) is 24.9 Å². The summed E-state index contributed by atoms with van der Waals surface area (Å²) in [5.74, 6) is -0.299. The maximum Gasteiger partial charge on any atom is 0.229 e. The molecular formula is C16H21ClN2O2. The number of anilines is 1. The highest BCUT2D eigenvalue weighted by molar-refractivity contribution is 6.31. The zero-order valence-electron chi connectivity index (χ0n) is 12.5. The Hall–Kier alpha value is -1.55. The van der Waals surface area contributed by atoms with E-state index in [9.17, 15) is 9.59 Å². The fourth-order valence-electron chi connectivity index (χ4n) is 2.48. The van der Waals surface area contributed by atoms with Gasteiger partial charge in [0.2, 0.25) is 11.8 Å². The van der Waals surface area contributed by atoms with Crippen molar-refractivity contribution in [2.45, 2.75) is 33.1 Å². The van der Waals surface area contributed by atoms with E-state index in [1.54, 1.807) is 17.0 Å². The van der Waals surface area contributed by atoms with Crippen molar-refractivity contribution in [2.24, 2.45) is 5.92 Å². The molecule has 0 bridgehead atoms. The van der Waals surface area contributed by atoms with Gasteiger partial charge in [0.25, 0.3) is 0 Å². The van der Waals surface area contributed by atoms with E-state index in [4.69, 9.17) is 11.6 Å². The number of rotatable bonds is 5. The van der Waals surface area contributed by atoms with Crippen LogP contribution >= 0.6 is 11.6 Å². The van der Waals surface area contributed by atoms with Crippen molar-refractivity contribution >= 4 is 29.1 Å². The molecule has 1 aliphatic heterocycles. The van der Waals surface area contributed by atoms with E-state index in [1.165, 1.54) is 0 Å². The first-order chi connectivity index (χ1) is 10.0. The maximum atomic E-state index is 12.3. The van der Waals surface area contributed by atoms with Gasteiger partial charge in [0, 0.05) is 30.2 Å². The number of halogens is 1. The smallest absolute Gasteiger partial charge is 0.229 e. The highest BCUT2D eigenvalue weighted by Gasteiger charge is 2.33. The third kappa shape index (κ3) is 3.97. The Balaban J connectivity index is 1.98. The highest BCUT2D eigenvalue weighted by Crippen LogP contribution is 2.24. The Bertz CT molecular complexity index is 545. The molecule has 0 spiro atoms. The lowest BCUT2D eigenvalue weighted by atomic mass is 10.1. The summed E-state index contributed by atoms with van der Waals surface area (Å²) in [5, 5.41) is 3.47. The van der Waals surface area contributed by atoms with Crippen LogP contribution in [0.15, 0.2) is 18.2 Å². The van der Waals surface area contributed by atoms with Crippen LogP contribution in [0.3, 0.4) is 0 Å². The first kappa shape index (κ1) is 15.8. The summed E-state index contributed by atoms with van der Waals surface area (Å²) in [6.07, 6.45) is 2.32. The SMILES string of the molecule is CCCCN1C[C@H](C(=O)Nc2cc(Cl)ccc2C)CC1=O. The lowest BCUT2D eigenvalue weighted by molar-refractivity contribution is -0.128. The molecule has 21 heavy (non-hydrogen) atoms. The highest BCUT2D eigenvalue weighted by atomic mass is 35.5. The number of likely N-dealkylation sites (tertiary alicyclic amines) is 1. The molecule has 5 heteroatoms. The molecule has 2 rings (SSSR count). The molecule has 1 N–H and O–H groups in total. The molecule has 0 aliphatic carbocycles. The standard InChI is InChI=1S/C16H21ClN2O2/c1-3-4-7-19-10-12(8-15(19)20)16(21)18-14-9-13(17)6-5-11(14)2/h5-6,9,12H,3-4,7-8,10H2,1-2H3,(H,18,21)/t12-/m1/s1. The van der Waals surface area contributed by atoms with Crippen molar-refractivity contribution < 1.29 is 9.59 Å². The first-order valence-corrected chi connectivity index (χ1v) is 7.74. The number of benzene rings is 1. The van der Waals surface area contributed by atoms with Gasteiger partial charge in [-0.2, -0.15) is 0 Å². The monoisotopic (exact) mass is 308 g/mol. The van der Waals surface area contributed by atoms with Crippen molar-refractivity contribution in [2.75, 3.05) is 18.4 Å². The van der Waals surface area contributed by atoms with Crippen molar-refractivity contribution in [3.63, 3.8) is 0 Å². The quantitative estimate of drug-likeness (QED) is 0.908. The van der Waals surface area contributed by atoms with Crippen LogP contribution in [-0.4, -0.2) is 29.8 Å². The van der Waals surface area contributed by atoms with E-state index >= 15 is 0 Å². The second-order valence-electron chi connectivity index (χ2n) is 5.54. The Labute approximate surface area is 130 Å². The van der Waals surface area contributed by atoms with Gasteiger partial charge in [0.05, 0.1) is 5.92 Å². The first-order valence-electron chi connectivity index (χ1n) is 7.36. The summed E-state index contributed by atoms with van der Waals surface area (Å²) in [7, 11) is 0. The Kier molecular flexibility index (Phi) is 5.23. The van der Waals surface area contributed by atoms with Gasteiger partial charge >= 0.3 is 0 Å². The number of amides is 2. The molecule has 1 saturated heterocycles. The fraction of sp³-hybridized carbons (Fsp3) is 0.500. The number of nitrogens with one attached hydrogen (secondary N) is 1. The van der Waals surface area contributed by atoms with E-state index in [-0.39, 0.29) is 17.7 Å². The lowest BCUT2D eigenvalue weighted by Crippen LogP contribution is -2.29. The molecule has 4 nitrogen and oxygen atoms in total. The van der Waals surface area contributed by atoms with Gasteiger partial charge in [-0.1, -0.05) is 31.0 Å². The minimum absolute atomic E-state index is 0.0754. The summed E-state index contributed by atoms with van der Waals surface area (Å²) in [5.41, 5.74) is 1.67. The van der Waals surface area contributed by atoms with Gasteiger partial charge in [-0.25, -0.2) is 0 Å². The predicted octanol–water partition coefficient (Wildman–Crippen LogP) is 3.24. The van der Waals surface area contributed by atoms with Gasteiger partial charge in [0.1, 0.15) is 0 Å². The molecule has 0 aromatic heterocycles. The molecule has 1 fully saturated rings. The molecule has 1 heterocycles. The molecule has 1 aromatic carbocycles.